The zero-order chi connectivity index (χ0) is 16.8. The normalized spacial score (nSPS) is 11.5. The van der Waals surface area contributed by atoms with E-state index in [2.05, 4.69) is 5.32 Å². The van der Waals surface area contributed by atoms with Crippen LogP contribution >= 0.6 is 11.6 Å². The minimum atomic E-state index is -0.449. The van der Waals surface area contributed by atoms with Gasteiger partial charge in [-0.2, -0.15) is 5.26 Å². The van der Waals surface area contributed by atoms with Crippen molar-refractivity contribution < 1.29 is 9.18 Å². The first kappa shape index (κ1) is 16.8. The quantitative estimate of drug-likeness (QED) is 0.853. The molecule has 3 N–H and O–H groups in total. The molecule has 0 heterocycles. The van der Waals surface area contributed by atoms with E-state index in [1.54, 1.807) is 30.3 Å². The van der Waals surface area contributed by atoms with Crippen LogP contribution in [0.25, 0.3) is 0 Å². The molecule has 6 heteroatoms. The van der Waals surface area contributed by atoms with Crippen LogP contribution in [0.5, 0.6) is 0 Å². The molecule has 0 radical (unpaired) electrons. The summed E-state index contributed by atoms with van der Waals surface area (Å²) < 4.78 is 12.9. The molecule has 118 valence electrons. The summed E-state index contributed by atoms with van der Waals surface area (Å²) in [4.78, 5) is 11.6. The molecule has 0 aromatic heterocycles. The van der Waals surface area contributed by atoms with Gasteiger partial charge >= 0.3 is 0 Å². The van der Waals surface area contributed by atoms with Crippen LogP contribution in [-0.4, -0.2) is 12.5 Å². The van der Waals surface area contributed by atoms with E-state index in [0.29, 0.717) is 29.2 Å². The number of amides is 1. The summed E-state index contributed by atoms with van der Waals surface area (Å²) in [6, 6.07) is 12.9. The molecule has 4 nitrogen and oxygen atoms in total. The van der Waals surface area contributed by atoms with E-state index in [9.17, 15) is 9.18 Å². The van der Waals surface area contributed by atoms with Gasteiger partial charge in [0.15, 0.2) is 0 Å². The van der Waals surface area contributed by atoms with Gasteiger partial charge in [-0.15, -0.1) is 0 Å². The van der Waals surface area contributed by atoms with Gasteiger partial charge in [0.25, 0.3) is 0 Å². The maximum Gasteiger partial charge on any atom is 0.222 e. The fourth-order valence-electron chi connectivity index (χ4n) is 2.14. The Morgan fingerprint density at radius 2 is 2.00 bits per heavy atom. The number of primary amides is 1. The van der Waals surface area contributed by atoms with Crippen LogP contribution in [0.2, 0.25) is 5.02 Å². The SMILES string of the molecule is N#Cc1ccc(NCC(Cc2ccc(F)cc2)C(N)=O)cc1Cl. The van der Waals surface area contributed by atoms with Crippen LogP contribution in [0.4, 0.5) is 10.1 Å². The van der Waals surface area contributed by atoms with E-state index >= 15 is 0 Å². The Morgan fingerprint density at radius 3 is 2.57 bits per heavy atom. The first-order chi connectivity index (χ1) is 11.0. The monoisotopic (exact) mass is 331 g/mol. The van der Waals surface area contributed by atoms with Crippen LogP contribution in [-0.2, 0) is 11.2 Å². The second kappa shape index (κ2) is 7.61. The molecular formula is C17H15ClFN3O. The van der Waals surface area contributed by atoms with Gasteiger partial charge in [-0.3, -0.25) is 4.79 Å². The third kappa shape index (κ3) is 4.70. The molecule has 2 rings (SSSR count). The third-order valence-electron chi connectivity index (χ3n) is 3.44. The molecule has 0 saturated carbocycles. The van der Waals surface area contributed by atoms with Gasteiger partial charge in [-0.25, -0.2) is 4.39 Å². The van der Waals surface area contributed by atoms with Crippen molar-refractivity contribution in [3.63, 3.8) is 0 Å². The number of nitrogens with one attached hydrogen (secondary N) is 1. The number of carbonyl (C=O) groups is 1. The number of hydrogen-bond donors (Lipinski definition) is 2. The predicted octanol–water partition coefficient (Wildman–Crippen LogP) is 3.11. The molecular weight excluding hydrogens is 317 g/mol. The molecule has 2 aromatic carbocycles. The summed E-state index contributed by atoms with van der Waals surface area (Å²) in [7, 11) is 0. The average molecular weight is 332 g/mol. The topological polar surface area (TPSA) is 78.9 Å². The number of nitrogens with zero attached hydrogens (tertiary/aromatic N) is 1. The van der Waals surface area contributed by atoms with Gasteiger partial charge in [0.2, 0.25) is 5.91 Å². The summed E-state index contributed by atoms with van der Waals surface area (Å²) >= 11 is 5.96. The molecule has 1 atom stereocenters. The number of benzene rings is 2. The third-order valence-corrected chi connectivity index (χ3v) is 3.75. The number of anilines is 1. The van der Waals surface area contributed by atoms with E-state index in [0.717, 1.165) is 5.56 Å². The van der Waals surface area contributed by atoms with Crippen molar-refractivity contribution in [1.29, 1.82) is 5.26 Å². The van der Waals surface area contributed by atoms with E-state index in [1.807, 2.05) is 6.07 Å². The smallest absolute Gasteiger partial charge is 0.222 e. The lowest BCUT2D eigenvalue weighted by molar-refractivity contribution is -0.121. The Kier molecular flexibility index (Phi) is 5.56. The average Bonchev–Trinajstić information content (AvgIpc) is 2.53. The van der Waals surface area contributed by atoms with Crippen molar-refractivity contribution in [3.8, 4) is 6.07 Å². The van der Waals surface area contributed by atoms with Crippen molar-refractivity contribution in [2.45, 2.75) is 6.42 Å². The number of hydrogen-bond acceptors (Lipinski definition) is 3. The Hall–Kier alpha value is -2.58. The molecule has 1 amide bonds. The van der Waals surface area contributed by atoms with Crippen LogP contribution < -0.4 is 11.1 Å². The summed E-state index contributed by atoms with van der Waals surface area (Å²) in [5, 5.41) is 12.3. The number of nitriles is 1. The zero-order valence-electron chi connectivity index (χ0n) is 12.2. The maximum absolute atomic E-state index is 12.9. The second-order valence-electron chi connectivity index (χ2n) is 5.12. The Labute approximate surface area is 138 Å². The van der Waals surface area contributed by atoms with Gasteiger partial charge in [0.05, 0.1) is 16.5 Å². The molecule has 0 spiro atoms. The number of nitrogens with two attached hydrogens (primary N) is 1. The van der Waals surface area contributed by atoms with Gasteiger partial charge in [0, 0.05) is 12.2 Å². The summed E-state index contributed by atoms with van der Waals surface area (Å²) in [5.74, 6) is -1.22. The maximum atomic E-state index is 12.9. The molecule has 0 bridgehead atoms. The van der Waals surface area contributed by atoms with Crippen LogP contribution in [0.15, 0.2) is 42.5 Å². The van der Waals surface area contributed by atoms with Gasteiger partial charge in [-0.1, -0.05) is 23.7 Å². The summed E-state index contributed by atoms with van der Waals surface area (Å²) in [6.45, 7) is 0.314. The van der Waals surface area contributed by atoms with Crippen molar-refractivity contribution in [3.05, 3.63) is 64.4 Å². The molecule has 0 aliphatic heterocycles. The highest BCUT2D eigenvalue weighted by molar-refractivity contribution is 6.32. The van der Waals surface area contributed by atoms with E-state index in [4.69, 9.17) is 22.6 Å². The van der Waals surface area contributed by atoms with Crippen molar-refractivity contribution in [1.82, 2.24) is 0 Å². The number of carbonyl (C=O) groups excluding carboxylic acids is 1. The molecule has 23 heavy (non-hydrogen) atoms. The highest BCUT2D eigenvalue weighted by Gasteiger charge is 2.16. The fraction of sp³-hybridized carbons (Fsp3) is 0.176. The Morgan fingerprint density at radius 1 is 1.30 bits per heavy atom. The van der Waals surface area contributed by atoms with Gasteiger partial charge < -0.3 is 11.1 Å². The lowest BCUT2D eigenvalue weighted by Crippen LogP contribution is -2.31. The molecule has 1 unspecified atom stereocenters. The molecule has 0 aliphatic carbocycles. The minimum absolute atomic E-state index is 0.314. The lowest BCUT2D eigenvalue weighted by atomic mass is 9.98. The molecule has 0 fully saturated rings. The van der Waals surface area contributed by atoms with Crippen molar-refractivity contribution in [2.24, 2.45) is 11.7 Å². The highest BCUT2D eigenvalue weighted by atomic mass is 35.5. The van der Waals surface area contributed by atoms with E-state index in [-0.39, 0.29) is 5.82 Å². The summed E-state index contributed by atoms with van der Waals surface area (Å²) in [6.07, 6.45) is 0.409. The number of halogens is 2. The Balaban J connectivity index is 2.02. The van der Waals surface area contributed by atoms with Crippen molar-refractivity contribution >= 4 is 23.2 Å². The van der Waals surface area contributed by atoms with E-state index in [1.165, 1.54) is 12.1 Å². The molecule has 0 aliphatic rings. The first-order valence-electron chi connectivity index (χ1n) is 6.97. The second-order valence-corrected chi connectivity index (χ2v) is 5.52. The lowest BCUT2D eigenvalue weighted by Gasteiger charge is -2.15. The van der Waals surface area contributed by atoms with Gasteiger partial charge in [0.1, 0.15) is 11.9 Å². The predicted molar refractivity (Wildman–Crippen MR) is 87.4 cm³/mol. The fourth-order valence-corrected chi connectivity index (χ4v) is 2.36. The number of rotatable bonds is 6. The van der Waals surface area contributed by atoms with Crippen LogP contribution in [0, 0.1) is 23.1 Å². The largest absolute Gasteiger partial charge is 0.384 e. The minimum Gasteiger partial charge on any atom is -0.384 e. The van der Waals surface area contributed by atoms with Crippen molar-refractivity contribution in [2.75, 3.05) is 11.9 Å². The van der Waals surface area contributed by atoms with Crippen LogP contribution in [0.3, 0.4) is 0 Å². The zero-order valence-corrected chi connectivity index (χ0v) is 13.0. The Bertz CT molecular complexity index is 740. The molecule has 2 aromatic rings. The standard InChI is InChI=1S/C17H15ClFN3O/c18-16-8-15(6-3-12(16)9-20)22-10-13(17(21)23)7-11-1-4-14(19)5-2-11/h1-6,8,13,22H,7,10H2,(H2,21,23). The van der Waals surface area contributed by atoms with E-state index < -0.39 is 11.8 Å². The molecule has 0 saturated heterocycles. The van der Waals surface area contributed by atoms with Crippen LogP contribution in [0.1, 0.15) is 11.1 Å². The summed E-state index contributed by atoms with van der Waals surface area (Å²) in [5.41, 5.74) is 7.34. The van der Waals surface area contributed by atoms with Gasteiger partial charge in [-0.05, 0) is 42.3 Å². The highest BCUT2D eigenvalue weighted by Crippen LogP contribution is 2.20. The first-order valence-corrected chi connectivity index (χ1v) is 7.34.